The molecule has 1 atom stereocenters. The minimum absolute atomic E-state index is 0.158. The van der Waals surface area contributed by atoms with Gasteiger partial charge in [-0.3, -0.25) is 0 Å². The second kappa shape index (κ2) is 5.72. The largest absolute Gasteiger partial charge is 0.322 e. The van der Waals surface area contributed by atoms with Crippen molar-refractivity contribution in [2.75, 3.05) is 19.3 Å². The number of sulfonamides is 1. The summed E-state index contributed by atoms with van der Waals surface area (Å²) in [4.78, 5) is 5.12. The van der Waals surface area contributed by atoms with Crippen LogP contribution in [-0.2, 0) is 10.0 Å². The molecule has 1 saturated heterocycles. The summed E-state index contributed by atoms with van der Waals surface area (Å²) in [6.45, 7) is 1.08. The number of hydrogen-bond acceptors (Lipinski definition) is 6. The molecule has 0 aliphatic carbocycles. The Morgan fingerprint density at radius 3 is 2.71 bits per heavy atom. The summed E-state index contributed by atoms with van der Waals surface area (Å²) in [6.07, 6.45) is 4.57. The summed E-state index contributed by atoms with van der Waals surface area (Å²) >= 11 is 3.69. The van der Waals surface area contributed by atoms with Crippen LogP contribution in [0.5, 0.6) is 0 Å². The lowest BCUT2D eigenvalue weighted by atomic mass is 9.91. The summed E-state index contributed by atoms with van der Waals surface area (Å²) in [6, 6.07) is -0.158. The molecule has 0 spiro atoms. The van der Waals surface area contributed by atoms with Crippen molar-refractivity contribution in [3.63, 3.8) is 0 Å². The molecule has 0 saturated carbocycles. The SMILES string of the molecule is CS(=O)(=O)N1CCC(C(N)c2nn3c(I)cnc3s2)CC1. The Kier molecular flexibility index (Phi) is 4.25. The minimum atomic E-state index is -3.09. The van der Waals surface area contributed by atoms with E-state index < -0.39 is 10.0 Å². The molecular formula is C11H16IN5O2S2. The molecule has 3 heterocycles. The van der Waals surface area contributed by atoms with Gasteiger partial charge < -0.3 is 5.73 Å². The number of halogens is 1. The van der Waals surface area contributed by atoms with Crippen molar-refractivity contribution in [2.24, 2.45) is 11.7 Å². The van der Waals surface area contributed by atoms with Gasteiger partial charge in [0.2, 0.25) is 15.0 Å². The molecule has 116 valence electrons. The van der Waals surface area contributed by atoms with E-state index in [4.69, 9.17) is 5.73 Å². The molecule has 2 aromatic heterocycles. The van der Waals surface area contributed by atoms with Crippen LogP contribution in [0.1, 0.15) is 23.9 Å². The number of fused-ring (bicyclic) bond motifs is 1. The first-order chi connectivity index (χ1) is 9.86. The van der Waals surface area contributed by atoms with Gasteiger partial charge in [-0.15, -0.1) is 0 Å². The third-order valence-electron chi connectivity index (χ3n) is 3.82. The van der Waals surface area contributed by atoms with Crippen molar-refractivity contribution >= 4 is 48.9 Å². The second-order valence-corrected chi connectivity index (χ2v) is 9.32. The average Bonchev–Trinajstić information content (AvgIpc) is 3.00. The number of hydrogen-bond donors (Lipinski definition) is 1. The summed E-state index contributed by atoms with van der Waals surface area (Å²) in [5.41, 5.74) is 6.33. The first-order valence-corrected chi connectivity index (χ1v) is 10.3. The molecule has 2 N–H and O–H groups in total. The van der Waals surface area contributed by atoms with Gasteiger partial charge in [0.15, 0.2) is 0 Å². The van der Waals surface area contributed by atoms with Crippen LogP contribution in [0.4, 0.5) is 0 Å². The molecule has 1 unspecified atom stereocenters. The quantitative estimate of drug-likeness (QED) is 0.720. The third kappa shape index (κ3) is 3.09. The van der Waals surface area contributed by atoms with Gasteiger partial charge >= 0.3 is 0 Å². The normalized spacial score (nSPS) is 20.1. The Morgan fingerprint density at radius 2 is 2.14 bits per heavy atom. The van der Waals surface area contributed by atoms with E-state index in [9.17, 15) is 8.42 Å². The zero-order valence-electron chi connectivity index (χ0n) is 11.4. The van der Waals surface area contributed by atoms with Crippen molar-refractivity contribution in [2.45, 2.75) is 18.9 Å². The van der Waals surface area contributed by atoms with E-state index in [0.29, 0.717) is 13.1 Å². The number of imidazole rings is 1. The van der Waals surface area contributed by atoms with Crippen molar-refractivity contribution in [3.05, 3.63) is 14.9 Å². The Bertz CT molecular complexity index is 748. The van der Waals surface area contributed by atoms with E-state index in [1.54, 1.807) is 10.7 Å². The molecule has 10 heteroatoms. The molecule has 3 rings (SSSR count). The molecule has 2 aromatic rings. The standard InChI is InChI=1S/C11H16IN5O2S2/c1-21(18,19)16-4-2-7(3-5-16)9(13)10-15-17-8(12)6-14-11(17)20-10/h6-7,9H,2-5,13H2,1H3. The van der Waals surface area contributed by atoms with E-state index in [0.717, 1.165) is 26.5 Å². The van der Waals surface area contributed by atoms with Crippen LogP contribution in [0.15, 0.2) is 6.20 Å². The second-order valence-electron chi connectivity index (χ2n) is 5.24. The van der Waals surface area contributed by atoms with Gasteiger partial charge in [-0.05, 0) is 41.4 Å². The molecule has 1 aliphatic heterocycles. The van der Waals surface area contributed by atoms with Gasteiger partial charge in [0.05, 0.1) is 18.5 Å². The minimum Gasteiger partial charge on any atom is -0.322 e. The maximum absolute atomic E-state index is 11.5. The smallest absolute Gasteiger partial charge is 0.213 e. The van der Waals surface area contributed by atoms with Gasteiger partial charge in [0.1, 0.15) is 8.71 Å². The van der Waals surface area contributed by atoms with Crippen LogP contribution in [0.25, 0.3) is 4.96 Å². The first-order valence-electron chi connectivity index (χ1n) is 6.57. The zero-order chi connectivity index (χ0) is 15.2. The van der Waals surface area contributed by atoms with Gasteiger partial charge in [0, 0.05) is 13.1 Å². The van der Waals surface area contributed by atoms with E-state index in [1.807, 2.05) is 0 Å². The molecule has 0 amide bonds. The molecular weight excluding hydrogens is 425 g/mol. The van der Waals surface area contributed by atoms with E-state index in [2.05, 4.69) is 32.7 Å². The highest BCUT2D eigenvalue weighted by Crippen LogP contribution is 2.32. The lowest BCUT2D eigenvalue weighted by Gasteiger charge is -2.32. The van der Waals surface area contributed by atoms with E-state index in [-0.39, 0.29) is 12.0 Å². The Morgan fingerprint density at radius 1 is 1.48 bits per heavy atom. The van der Waals surface area contributed by atoms with Gasteiger partial charge in [-0.2, -0.15) is 9.61 Å². The molecule has 0 bridgehead atoms. The Labute approximate surface area is 140 Å². The maximum atomic E-state index is 11.5. The van der Waals surface area contributed by atoms with Gasteiger partial charge in [0.25, 0.3) is 0 Å². The summed E-state index contributed by atoms with van der Waals surface area (Å²) in [7, 11) is -3.09. The van der Waals surface area contributed by atoms with Crippen molar-refractivity contribution in [1.82, 2.24) is 18.9 Å². The third-order valence-corrected chi connectivity index (χ3v) is 6.88. The fraction of sp³-hybridized carbons (Fsp3) is 0.636. The monoisotopic (exact) mass is 441 g/mol. The van der Waals surface area contributed by atoms with Crippen molar-refractivity contribution < 1.29 is 8.42 Å². The number of nitrogens with zero attached hydrogens (tertiary/aromatic N) is 4. The number of nitrogens with two attached hydrogens (primary N) is 1. The zero-order valence-corrected chi connectivity index (χ0v) is 15.2. The highest BCUT2D eigenvalue weighted by Gasteiger charge is 2.30. The highest BCUT2D eigenvalue weighted by molar-refractivity contribution is 14.1. The lowest BCUT2D eigenvalue weighted by molar-refractivity contribution is 0.245. The molecule has 1 aliphatic rings. The fourth-order valence-electron chi connectivity index (χ4n) is 2.58. The van der Waals surface area contributed by atoms with Crippen LogP contribution in [-0.4, -0.2) is 46.7 Å². The van der Waals surface area contributed by atoms with Crippen LogP contribution in [0.2, 0.25) is 0 Å². The molecule has 7 nitrogen and oxygen atoms in total. The van der Waals surface area contributed by atoms with Crippen LogP contribution in [0, 0.1) is 9.62 Å². The summed E-state index contributed by atoms with van der Waals surface area (Å²) in [5, 5.41) is 5.39. The number of piperidine rings is 1. The van der Waals surface area contributed by atoms with Crippen molar-refractivity contribution in [1.29, 1.82) is 0 Å². The maximum Gasteiger partial charge on any atom is 0.213 e. The van der Waals surface area contributed by atoms with E-state index in [1.165, 1.54) is 21.9 Å². The van der Waals surface area contributed by atoms with E-state index >= 15 is 0 Å². The Hall–Kier alpha value is -0.300. The van der Waals surface area contributed by atoms with Crippen LogP contribution >= 0.6 is 33.9 Å². The number of aromatic nitrogens is 3. The molecule has 21 heavy (non-hydrogen) atoms. The fourth-order valence-corrected chi connectivity index (χ4v) is 5.07. The predicted molar refractivity (Wildman–Crippen MR) is 89.7 cm³/mol. The average molecular weight is 441 g/mol. The molecule has 0 radical (unpaired) electrons. The topological polar surface area (TPSA) is 93.6 Å². The van der Waals surface area contributed by atoms with Gasteiger partial charge in [-0.1, -0.05) is 11.3 Å². The summed E-state index contributed by atoms with van der Waals surface area (Å²) in [5.74, 6) is 0.261. The van der Waals surface area contributed by atoms with Crippen LogP contribution in [0.3, 0.4) is 0 Å². The molecule has 0 aromatic carbocycles. The van der Waals surface area contributed by atoms with Crippen molar-refractivity contribution in [3.8, 4) is 0 Å². The predicted octanol–water partition coefficient (Wildman–Crippen LogP) is 1.07. The van der Waals surface area contributed by atoms with Crippen LogP contribution < -0.4 is 5.73 Å². The molecule has 1 fully saturated rings. The highest BCUT2D eigenvalue weighted by atomic mass is 127. The number of rotatable bonds is 3. The summed E-state index contributed by atoms with van der Waals surface area (Å²) < 4.78 is 27.3. The lowest BCUT2D eigenvalue weighted by Crippen LogP contribution is -2.40. The van der Waals surface area contributed by atoms with Gasteiger partial charge in [-0.25, -0.2) is 17.7 Å². The Balaban J connectivity index is 1.73. The first kappa shape index (κ1) is 15.6.